The molecule has 2 nitrogen and oxygen atoms in total. The minimum atomic E-state index is -0.498. The van der Waals surface area contributed by atoms with E-state index in [-0.39, 0.29) is 19.1 Å². The van der Waals surface area contributed by atoms with Gasteiger partial charge in [0.15, 0.2) is 0 Å². The van der Waals surface area contributed by atoms with Crippen molar-refractivity contribution in [2.75, 3.05) is 19.8 Å². The summed E-state index contributed by atoms with van der Waals surface area (Å²) >= 11 is 11.6. The molecule has 0 heterocycles. The molecule has 1 atom stereocenters. The average Bonchev–Trinajstić information content (AvgIpc) is 2.35. The van der Waals surface area contributed by atoms with Crippen LogP contribution in [0.4, 0.5) is 4.39 Å². The van der Waals surface area contributed by atoms with Crippen LogP contribution < -0.4 is 10.5 Å². The highest BCUT2D eigenvalue weighted by Gasteiger charge is 2.08. The predicted octanol–water partition coefficient (Wildman–Crippen LogP) is 3.94. The maximum Gasteiger partial charge on any atom is 0.138 e. The van der Waals surface area contributed by atoms with Crippen molar-refractivity contribution in [1.29, 1.82) is 0 Å². The van der Waals surface area contributed by atoms with Gasteiger partial charge in [0, 0.05) is 17.5 Å². The molecule has 0 radical (unpaired) electrons. The quantitative estimate of drug-likeness (QED) is 0.887. The van der Waals surface area contributed by atoms with Crippen molar-refractivity contribution < 1.29 is 9.13 Å². The lowest BCUT2D eigenvalue weighted by Crippen LogP contribution is -2.23. The zero-order chi connectivity index (χ0) is 13.3. The van der Waals surface area contributed by atoms with Crippen molar-refractivity contribution in [3.05, 3.63) is 28.2 Å². The summed E-state index contributed by atoms with van der Waals surface area (Å²) in [6.45, 7) is 3.97. The highest BCUT2D eigenvalue weighted by atomic mass is 35.5. The van der Waals surface area contributed by atoms with Crippen LogP contribution in [0.25, 0.3) is 0 Å². The highest BCUT2D eigenvalue weighted by molar-refractivity contribution is 6.35. The maximum atomic E-state index is 12.3. The van der Waals surface area contributed by atoms with Gasteiger partial charge in [-0.25, -0.2) is 0 Å². The van der Waals surface area contributed by atoms with Crippen molar-refractivity contribution in [3.8, 4) is 5.75 Å². The maximum absolute atomic E-state index is 12.3. The van der Waals surface area contributed by atoms with E-state index in [4.69, 9.17) is 33.7 Å². The number of hydrogen-bond donors (Lipinski definition) is 1. The van der Waals surface area contributed by atoms with Crippen LogP contribution in [0.1, 0.15) is 13.8 Å². The van der Waals surface area contributed by atoms with Crippen molar-refractivity contribution in [3.63, 3.8) is 0 Å². The van der Waals surface area contributed by atoms with Gasteiger partial charge in [0.2, 0.25) is 0 Å². The molecule has 1 aromatic rings. The van der Waals surface area contributed by atoms with Crippen molar-refractivity contribution in [2.45, 2.75) is 13.8 Å². The van der Waals surface area contributed by atoms with Crippen LogP contribution in [-0.4, -0.2) is 19.8 Å². The molecular weight excluding hydrogens is 264 g/mol. The van der Waals surface area contributed by atoms with Crippen LogP contribution in [0.5, 0.6) is 5.75 Å². The van der Waals surface area contributed by atoms with Gasteiger partial charge in [-0.3, -0.25) is 4.39 Å². The van der Waals surface area contributed by atoms with Gasteiger partial charge in [-0.2, -0.15) is 0 Å². The fraction of sp³-hybridized carbons (Fsp3) is 0.500. The smallest absolute Gasteiger partial charge is 0.138 e. The number of benzene rings is 1. The first-order valence-electron chi connectivity index (χ1n) is 5.51. The monoisotopic (exact) mass is 281 g/mol. The molecule has 0 aliphatic heterocycles. The minimum absolute atomic E-state index is 0.217. The molecule has 2 N–H and O–H groups in total. The summed E-state index contributed by atoms with van der Waals surface area (Å²) in [4.78, 5) is 0. The zero-order valence-corrected chi connectivity index (χ0v) is 11.6. The Bertz CT molecular complexity index is 319. The Labute approximate surface area is 112 Å². The second-order valence-electron chi connectivity index (χ2n) is 3.14. The van der Waals surface area contributed by atoms with Crippen LogP contribution in [-0.2, 0) is 0 Å². The molecule has 0 spiro atoms. The van der Waals surface area contributed by atoms with Gasteiger partial charge >= 0.3 is 0 Å². The van der Waals surface area contributed by atoms with E-state index in [9.17, 15) is 4.39 Å². The van der Waals surface area contributed by atoms with Gasteiger partial charge < -0.3 is 10.5 Å². The Morgan fingerprint density at radius 3 is 2.47 bits per heavy atom. The van der Waals surface area contributed by atoms with Crippen molar-refractivity contribution in [1.82, 2.24) is 0 Å². The van der Waals surface area contributed by atoms with E-state index in [1.807, 2.05) is 13.8 Å². The van der Waals surface area contributed by atoms with Gasteiger partial charge in [0.05, 0.1) is 18.3 Å². The molecule has 1 aromatic carbocycles. The summed E-state index contributed by atoms with van der Waals surface area (Å²) in [5, 5.41) is 0.949. The van der Waals surface area contributed by atoms with Crippen LogP contribution in [0, 0.1) is 5.92 Å². The van der Waals surface area contributed by atoms with Gasteiger partial charge in [-0.05, 0) is 18.2 Å². The topological polar surface area (TPSA) is 35.2 Å². The minimum Gasteiger partial charge on any atom is -0.492 e. The third-order valence-electron chi connectivity index (χ3n) is 1.92. The van der Waals surface area contributed by atoms with E-state index in [2.05, 4.69) is 0 Å². The Balaban J connectivity index is 0.00000121. The Kier molecular flexibility index (Phi) is 9.23. The zero-order valence-electron chi connectivity index (χ0n) is 10.1. The van der Waals surface area contributed by atoms with E-state index in [1.165, 1.54) is 0 Å². The third-order valence-corrected chi connectivity index (χ3v) is 2.45. The fourth-order valence-corrected chi connectivity index (χ4v) is 1.44. The summed E-state index contributed by atoms with van der Waals surface area (Å²) in [5.41, 5.74) is 5.34. The SMILES string of the molecule is CC.NCC(CF)COc1ccc(Cl)cc1Cl. The van der Waals surface area contributed by atoms with Gasteiger partial charge in [-0.1, -0.05) is 37.0 Å². The second-order valence-corrected chi connectivity index (χ2v) is 3.99. The van der Waals surface area contributed by atoms with Crippen molar-refractivity contribution >= 4 is 23.2 Å². The molecule has 0 aliphatic carbocycles. The molecule has 0 bridgehead atoms. The molecular formula is C12H18Cl2FNO. The summed E-state index contributed by atoms with van der Waals surface area (Å²) < 4.78 is 17.6. The first kappa shape index (κ1) is 16.5. The average molecular weight is 282 g/mol. The van der Waals surface area contributed by atoms with Crippen LogP contribution in [0.3, 0.4) is 0 Å². The first-order chi connectivity index (χ1) is 8.17. The van der Waals surface area contributed by atoms with E-state index >= 15 is 0 Å². The van der Waals surface area contributed by atoms with E-state index < -0.39 is 6.67 Å². The molecule has 0 fully saturated rings. The van der Waals surface area contributed by atoms with Gasteiger partial charge in [0.1, 0.15) is 5.75 Å². The Morgan fingerprint density at radius 1 is 1.35 bits per heavy atom. The summed E-state index contributed by atoms with van der Waals surface area (Å²) in [7, 11) is 0. The molecule has 1 unspecified atom stereocenters. The number of nitrogens with two attached hydrogens (primary N) is 1. The summed E-state index contributed by atoms with van der Waals surface area (Å²) in [5.74, 6) is 0.199. The van der Waals surface area contributed by atoms with E-state index in [0.717, 1.165) is 0 Å². The Morgan fingerprint density at radius 2 is 2.00 bits per heavy atom. The van der Waals surface area contributed by atoms with E-state index in [1.54, 1.807) is 18.2 Å². The number of ether oxygens (including phenoxy) is 1. The fourth-order valence-electron chi connectivity index (χ4n) is 0.975. The molecule has 1 rings (SSSR count). The summed E-state index contributed by atoms with van der Waals surface area (Å²) in [6, 6.07) is 4.89. The molecule has 17 heavy (non-hydrogen) atoms. The Hall–Kier alpha value is -0.510. The van der Waals surface area contributed by atoms with Gasteiger partial charge in [0.25, 0.3) is 0 Å². The molecule has 0 saturated heterocycles. The van der Waals surface area contributed by atoms with Crippen LogP contribution >= 0.6 is 23.2 Å². The lowest BCUT2D eigenvalue weighted by atomic mass is 10.2. The standard InChI is InChI=1S/C10H12Cl2FNO.C2H6/c11-8-1-2-10(9(12)3-8)15-6-7(4-13)5-14;1-2/h1-3,7H,4-6,14H2;1-2H3. The summed E-state index contributed by atoms with van der Waals surface area (Å²) in [6.07, 6.45) is 0. The highest BCUT2D eigenvalue weighted by Crippen LogP contribution is 2.27. The number of alkyl halides is 1. The molecule has 0 aliphatic rings. The number of rotatable bonds is 5. The molecule has 0 saturated carbocycles. The molecule has 0 aromatic heterocycles. The normalized spacial score (nSPS) is 11.4. The number of hydrogen-bond acceptors (Lipinski definition) is 2. The molecule has 5 heteroatoms. The number of halogens is 3. The molecule has 98 valence electrons. The lowest BCUT2D eigenvalue weighted by molar-refractivity contribution is 0.221. The lowest BCUT2D eigenvalue weighted by Gasteiger charge is -2.13. The second kappa shape index (κ2) is 9.51. The van der Waals surface area contributed by atoms with Gasteiger partial charge in [-0.15, -0.1) is 0 Å². The van der Waals surface area contributed by atoms with Crippen molar-refractivity contribution in [2.24, 2.45) is 11.7 Å². The van der Waals surface area contributed by atoms with Crippen LogP contribution in [0.15, 0.2) is 18.2 Å². The van der Waals surface area contributed by atoms with E-state index in [0.29, 0.717) is 15.8 Å². The van der Waals surface area contributed by atoms with Crippen LogP contribution in [0.2, 0.25) is 10.0 Å². The predicted molar refractivity (Wildman–Crippen MR) is 71.8 cm³/mol. The first-order valence-corrected chi connectivity index (χ1v) is 6.26. The third kappa shape index (κ3) is 6.10. The molecule has 0 amide bonds. The largest absolute Gasteiger partial charge is 0.492 e.